The molecule has 0 aromatic rings. The molecule has 1 N–H and O–H groups in total. The highest BCUT2D eigenvalue weighted by molar-refractivity contribution is 5.77. The molecule has 0 bridgehead atoms. The first-order valence-corrected chi connectivity index (χ1v) is 6.05. The molecule has 98 valence electrons. The Labute approximate surface area is 102 Å². The lowest BCUT2D eigenvalue weighted by atomic mass is 9.96. The van der Waals surface area contributed by atoms with Crippen LogP contribution in [0.5, 0.6) is 0 Å². The molecule has 1 rings (SSSR count). The fourth-order valence-corrected chi connectivity index (χ4v) is 1.94. The molecule has 0 radical (unpaired) electrons. The second kappa shape index (κ2) is 6.59. The van der Waals surface area contributed by atoms with E-state index in [1.165, 1.54) is 4.90 Å². The number of ether oxygens (including phenoxy) is 1. The molecule has 1 atom stereocenters. The average Bonchev–Trinajstić information content (AvgIpc) is 2.29. The number of carboxylic acid groups (broad SMARTS) is 1. The van der Waals surface area contributed by atoms with Crippen LogP contribution < -0.4 is 0 Å². The molecule has 1 unspecified atom stereocenters. The second-order valence-corrected chi connectivity index (χ2v) is 4.77. The number of hydrogen-bond donors (Lipinski definition) is 1. The topological polar surface area (TPSA) is 66.8 Å². The van der Waals surface area contributed by atoms with E-state index >= 15 is 0 Å². The zero-order chi connectivity index (χ0) is 12.8. The fraction of sp³-hybridized carbons (Fsp3) is 0.833. The number of amides is 1. The monoisotopic (exact) mass is 243 g/mol. The number of rotatable bonds is 5. The maximum Gasteiger partial charge on any atom is 0.308 e. The van der Waals surface area contributed by atoms with E-state index in [2.05, 4.69) is 0 Å². The Balaban J connectivity index is 2.33. The summed E-state index contributed by atoms with van der Waals surface area (Å²) in [6.07, 6.45) is 2.36. The van der Waals surface area contributed by atoms with Crippen molar-refractivity contribution in [1.82, 2.24) is 4.90 Å². The average molecular weight is 243 g/mol. The molecule has 0 aromatic heterocycles. The van der Waals surface area contributed by atoms with E-state index in [1.54, 1.807) is 14.0 Å². The summed E-state index contributed by atoms with van der Waals surface area (Å²) in [6.45, 7) is 3.35. The van der Waals surface area contributed by atoms with Crippen LogP contribution in [0.3, 0.4) is 0 Å². The summed E-state index contributed by atoms with van der Waals surface area (Å²) in [5.41, 5.74) is 0. The molecule has 1 heterocycles. The van der Waals surface area contributed by atoms with Gasteiger partial charge in [-0.05, 0) is 18.8 Å². The Bertz CT molecular complexity index is 274. The number of hydrogen-bond acceptors (Lipinski definition) is 3. The van der Waals surface area contributed by atoms with Crippen LogP contribution in [-0.2, 0) is 14.3 Å². The number of carbonyl (C=O) groups is 2. The first kappa shape index (κ1) is 14.0. The van der Waals surface area contributed by atoms with Crippen LogP contribution in [0, 0.1) is 11.8 Å². The Kier molecular flexibility index (Phi) is 5.41. The standard InChI is InChI=1S/C12H21NO4/c1-9(12(15)16)8-13(2)11(14)7-10-3-5-17-6-4-10/h9-10H,3-8H2,1-2H3,(H,15,16). The van der Waals surface area contributed by atoms with Crippen molar-refractivity contribution >= 4 is 11.9 Å². The summed E-state index contributed by atoms with van der Waals surface area (Å²) in [4.78, 5) is 24.1. The molecular formula is C12H21NO4. The summed E-state index contributed by atoms with van der Waals surface area (Å²) in [7, 11) is 1.67. The lowest BCUT2D eigenvalue weighted by Gasteiger charge is -2.25. The molecule has 0 saturated carbocycles. The van der Waals surface area contributed by atoms with Crippen molar-refractivity contribution < 1.29 is 19.4 Å². The van der Waals surface area contributed by atoms with Gasteiger partial charge in [0.05, 0.1) is 5.92 Å². The van der Waals surface area contributed by atoms with Crippen LogP contribution >= 0.6 is 0 Å². The van der Waals surface area contributed by atoms with E-state index in [4.69, 9.17) is 9.84 Å². The van der Waals surface area contributed by atoms with E-state index < -0.39 is 11.9 Å². The van der Waals surface area contributed by atoms with Gasteiger partial charge in [-0.25, -0.2) is 0 Å². The minimum absolute atomic E-state index is 0.0324. The quantitative estimate of drug-likeness (QED) is 0.781. The van der Waals surface area contributed by atoms with Gasteiger partial charge in [-0.3, -0.25) is 9.59 Å². The van der Waals surface area contributed by atoms with Gasteiger partial charge in [-0.1, -0.05) is 6.92 Å². The van der Waals surface area contributed by atoms with Crippen LogP contribution in [0.25, 0.3) is 0 Å². The van der Waals surface area contributed by atoms with Gasteiger partial charge in [0, 0.05) is 33.2 Å². The zero-order valence-electron chi connectivity index (χ0n) is 10.5. The van der Waals surface area contributed by atoms with Gasteiger partial charge >= 0.3 is 5.97 Å². The Morgan fingerprint density at radius 1 is 1.41 bits per heavy atom. The molecule has 5 heteroatoms. The summed E-state index contributed by atoms with van der Waals surface area (Å²) >= 11 is 0. The molecule has 1 aliphatic heterocycles. The van der Waals surface area contributed by atoms with Gasteiger partial charge in [-0.15, -0.1) is 0 Å². The normalized spacial score (nSPS) is 18.7. The SMILES string of the molecule is CC(CN(C)C(=O)CC1CCOCC1)C(=O)O. The number of aliphatic carboxylic acids is 1. The van der Waals surface area contributed by atoms with Crippen molar-refractivity contribution in [3.8, 4) is 0 Å². The molecule has 1 amide bonds. The van der Waals surface area contributed by atoms with Crippen molar-refractivity contribution in [2.75, 3.05) is 26.8 Å². The van der Waals surface area contributed by atoms with Crippen molar-refractivity contribution in [3.63, 3.8) is 0 Å². The van der Waals surface area contributed by atoms with Gasteiger partial charge in [0.25, 0.3) is 0 Å². The van der Waals surface area contributed by atoms with Crippen molar-refractivity contribution in [2.24, 2.45) is 11.8 Å². The molecule has 1 fully saturated rings. The van der Waals surface area contributed by atoms with Gasteiger partial charge in [-0.2, -0.15) is 0 Å². The fourth-order valence-electron chi connectivity index (χ4n) is 1.94. The van der Waals surface area contributed by atoms with Crippen LogP contribution in [-0.4, -0.2) is 48.7 Å². The highest BCUT2D eigenvalue weighted by Gasteiger charge is 2.22. The number of nitrogens with zero attached hydrogens (tertiary/aromatic N) is 1. The number of carboxylic acids is 1. The largest absolute Gasteiger partial charge is 0.481 e. The zero-order valence-corrected chi connectivity index (χ0v) is 10.5. The van der Waals surface area contributed by atoms with E-state index in [1.807, 2.05) is 0 Å². The summed E-state index contributed by atoms with van der Waals surface area (Å²) in [6, 6.07) is 0. The molecule has 1 saturated heterocycles. The summed E-state index contributed by atoms with van der Waals surface area (Å²) in [5.74, 6) is -0.960. The van der Waals surface area contributed by atoms with Crippen LogP contribution in [0.2, 0.25) is 0 Å². The lowest BCUT2D eigenvalue weighted by Crippen LogP contribution is -2.35. The highest BCUT2D eigenvalue weighted by atomic mass is 16.5. The Morgan fingerprint density at radius 2 is 2.00 bits per heavy atom. The molecule has 0 spiro atoms. The van der Waals surface area contributed by atoms with E-state index in [9.17, 15) is 9.59 Å². The predicted octanol–water partition coefficient (Wildman–Crippen LogP) is 0.982. The predicted molar refractivity (Wildman–Crippen MR) is 62.6 cm³/mol. The van der Waals surface area contributed by atoms with Gasteiger partial charge in [0.15, 0.2) is 0 Å². The third-order valence-corrected chi connectivity index (χ3v) is 3.20. The summed E-state index contributed by atoms with van der Waals surface area (Å²) < 4.78 is 5.24. The van der Waals surface area contributed by atoms with Gasteiger partial charge in [0.1, 0.15) is 0 Å². The minimum atomic E-state index is -0.865. The van der Waals surface area contributed by atoms with E-state index in [0.717, 1.165) is 26.1 Å². The van der Waals surface area contributed by atoms with Crippen LogP contribution in [0.15, 0.2) is 0 Å². The summed E-state index contributed by atoms with van der Waals surface area (Å²) in [5, 5.41) is 8.78. The van der Waals surface area contributed by atoms with E-state index in [0.29, 0.717) is 12.3 Å². The van der Waals surface area contributed by atoms with Gasteiger partial charge < -0.3 is 14.7 Å². The molecule has 5 nitrogen and oxygen atoms in total. The third kappa shape index (κ3) is 4.73. The van der Waals surface area contributed by atoms with Crippen LogP contribution in [0.1, 0.15) is 26.2 Å². The van der Waals surface area contributed by atoms with Gasteiger partial charge in [0.2, 0.25) is 5.91 Å². The van der Waals surface area contributed by atoms with Crippen molar-refractivity contribution in [3.05, 3.63) is 0 Å². The molecule has 17 heavy (non-hydrogen) atoms. The second-order valence-electron chi connectivity index (χ2n) is 4.77. The van der Waals surface area contributed by atoms with Crippen molar-refractivity contribution in [1.29, 1.82) is 0 Å². The van der Waals surface area contributed by atoms with E-state index in [-0.39, 0.29) is 12.5 Å². The highest BCUT2D eigenvalue weighted by Crippen LogP contribution is 2.19. The molecule has 0 aliphatic carbocycles. The number of carbonyl (C=O) groups excluding carboxylic acids is 1. The third-order valence-electron chi connectivity index (χ3n) is 3.20. The lowest BCUT2D eigenvalue weighted by molar-refractivity contribution is -0.142. The van der Waals surface area contributed by atoms with Crippen molar-refractivity contribution in [2.45, 2.75) is 26.2 Å². The van der Waals surface area contributed by atoms with Crippen LogP contribution in [0.4, 0.5) is 0 Å². The molecule has 0 aromatic carbocycles. The molecule has 1 aliphatic rings. The maximum atomic E-state index is 11.9. The maximum absolute atomic E-state index is 11.9. The first-order chi connectivity index (χ1) is 8.00. The Hall–Kier alpha value is -1.10. The Morgan fingerprint density at radius 3 is 2.53 bits per heavy atom. The first-order valence-electron chi connectivity index (χ1n) is 6.05. The smallest absolute Gasteiger partial charge is 0.308 e. The molecular weight excluding hydrogens is 222 g/mol. The minimum Gasteiger partial charge on any atom is -0.481 e.